The molecule has 0 radical (unpaired) electrons. The number of amidine groups is 2. The number of aromatic carboxylic acids is 1. The fourth-order valence-corrected chi connectivity index (χ4v) is 6.40. The Kier molecular flexibility index (Phi) is 11.0. The minimum Gasteiger partial charge on any atom is -0.490 e. The lowest BCUT2D eigenvalue weighted by Crippen LogP contribution is -2.40. The van der Waals surface area contributed by atoms with Crippen molar-refractivity contribution in [1.82, 2.24) is 14.5 Å². The molecule has 0 atom stereocenters. The number of anilines is 2. The second-order valence-electron chi connectivity index (χ2n) is 12.6. The lowest BCUT2D eigenvalue weighted by Gasteiger charge is -2.33. The molecule has 15 heteroatoms. The van der Waals surface area contributed by atoms with E-state index in [0.717, 1.165) is 25.9 Å². The summed E-state index contributed by atoms with van der Waals surface area (Å²) in [4.78, 5) is 47.5. The molecule has 13 nitrogen and oxygen atoms in total. The van der Waals surface area contributed by atoms with E-state index in [9.17, 15) is 19.5 Å². The summed E-state index contributed by atoms with van der Waals surface area (Å²) in [5, 5.41) is 28.7. The summed E-state index contributed by atoms with van der Waals surface area (Å²) in [6, 6.07) is 22.5. The van der Waals surface area contributed by atoms with Gasteiger partial charge in [0.1, 0.15) is 30.1 Å². The molecule has 53 heavy (non-hydrogen) atoms. The summed E-state index contributed by atoms with van der Waals surface area (Å²) in [6.07, 6.45) is 1.53. The number of likely N-dealkylation sites (tertiary alicyclic amines) is 1. The molecule has 0 saturated carbocycles. The molecule has 6 N–H and O–H groups in total. The first-order chi connectivity index (χ1) is 25.4. The highest BCUT2D eigenvalue weighted by Crippen LogP contribution is 2.28. The van der Waals surface area contributed by atoms with E-state index in [4.69, 9.17) is 49.5 Å². The largest absolute Gasteiger partial charge is 0.490 e. The zero-order valence-electron chi connectivity index (χ0n) is 28.6. The van der Waals surface area contributed by atoms with E-state index in [1.54, 1.807) is 66.1 Å². The number of nitrogens with zero attached hydrogens (tertiary/aromatic N) is 4. The van der Waals surface area contributed by atoms with Gasteiger partial charge in [0, 0.05) is 48.4 Å². The number of benzene rings is 4. The van der Waals surface area contributed by atoms with Crippen molar-refractivity contribution in [2.24, 2.45) is 5.73 Å². The molecule has 0 bridgehead atoms. The number of aromatic nitrogens is 2. The number of fused-ring (bicyclic) bond motifs is 1. The van der Waals surface area contributed by atoms with Crippen molar-refractivity contribution in [3.8, 4) is 5.75 Å². The van der Waals surface area contributed by atoms with Crippen LogP contribution in [0.3, 0.4) is 0 Å². The Morgan fingerprint density at radius 2 is 1.58 bits per heavy atom. The number of ether oxygens (including phenoxy) is 1. The summed E-state index contributed by atoms with van der Waals surface area (Å²) in [5.74, 6) is -0.588. The number of imidazole rings is 1. The number of nitrogens with one attached hydrogen (secondary N) is 3. The maximum atomic E-state index is 14.3. The predicted molar refractivity (Wildman–Crippen MR) is 205 cm³/mol. The van der Waals surface area contributed by atoms with E-state index in [0.29, 0.717) is 50.4 Å². The van der Waals surface area contributed by atoms with Crippen LogP contribution in [0.5, 0.6) is 5.75 Å². The standard InChI is InChI=1S/C38H36Cl2N8O5/c1-22(41)46-16-14-29(15-17-46)53-28-10-8-27(9-11-28)47(37(50)23-2-4-24(5-3-23)38(51)52)20-34-45-32-18-25(36(42)43)6-13-33(32)48(34)21-35(49)44-26-7-12-30(39)31(40)19-26/h2-13,18-19,29,41H,14-17,20-21H2,1H3,(H3,42,43)(H,44,49)(H,51,52). The predicted octanol–water partition coefficient (Wildman–Crippen LogP) is 6.65. The molecule has 272 valence electrons. The van der Waals surface area contributed by atoms with Gasteiger partial charge in [0.05, 0.1) is 39.0 Å². The first-order valence-electron chi connectivity index (χ1n) is 16.7. The first kappa shape index (κ1) is 36.9. The summed E-state index contributed by atoms with van der Waals surface area (Å²) in [6.45, 7) is 2.97. The zero-order chi connectivity index (χ0) is 37.8. The Morgan fingerprint density at radius 1 is 0.925 bits per heavy atom. The highest BCUT2D eigenvalue weighted by Gasteiger charge is 2.25. The Hall–Kier alpha value is -5.92. The lowest BCUT2D eigenvalue weighted by atomic mass is 10.1. The van der Waals surface area contributed by atoms with Crippen LogP contribution in [0.1, 0.15) is 51.9 Å². The molecule has 1 saturated heterocycles. The van der Waals surface area contributed by atoms with E-state index in [2.05, 4.69) is 5.32 Å². The van der Waals surface area contributed by atoms with Crippen molar-refractivity contribution >= 4 is 75.1 Å². The van der Waals surface area contributed by atoms with E-state index >= 15 is 0 Å². The fourth-order valence-electron chi connectivity index (χ4n) is 6.10. The number of carbonyl (C=O) groups is 3. The van der Waals surface area contributed by atoms with Gasteiger partial charge in [0.25, 0.3) is 5.91 Å². The monoisotopic (exact) mass is 754 g/mol. The summed E-state index contributed by atoms with van der Waals surface area (Å²) in [7, 11) is 0. The van der Waals surface area contributed by atoms with Crippen molar-refractivity contribution in [3.63, 3.8) is 0 Å². The van der Waals surface area contributed by atoms with Crippen molar-refractivity contribution in [2.75, 3.05) is 23.3 Å². The third-order valence-corrected chi connectivity index (χ3v) is 9.67. The second-order valence-corrected chi connectivity index (χ2v) is 13.4. The van der Waals surface area contributed by atoms with Crippen LogP contribution >= 0.6 is 23.2 Å². The smallest absolute Gasteiger partial charge is 0.335 e. The van der Waals surface area contributed by atoms with E-state index in [1.807, 2.05) is 4.90 Å². The number of amides is 2. The number of nitrogen functional groups attached to an aromatic ring is 1. The Labute approximate surface area is 314 Å². The lowest BCUT2D eigenvalue weighted by molar-refractivity contribution is -0.116. The van der Waals surface area contributed by atoms with Gasteiger partial charge in [0.15, 0.2) is 0 Å². The van der Waals surface area contributed by atoms with Crippen molar-refractivity contribution < 1.29 is 24.2 Å². The number of carboxylic acids is 1. The molecule has 0 unspecified atom stereocenters. The van der Waals surface area contributed by atoms with Crippen LogP contribution in [-0.2, 0) is 17.9 Å². The molecule has 1 fully saturated rings. The summed E-state index contributed by atoms with van der Waals surface area (Å²) in [5.41, 5.74) is 8.45. The number of carbonyl (C=O) groups excluding carboxylic acids is 2. The molecule has 0 aliphatic carbocycles. The molecule has 1 aromatic heterocycles. The van der Waals surface area contributed by atoms with Gasteiger partial charge in [-0.15, -0.1) is 0 Å². The number of carboxylic acid groups (broad SMARTS) is 1. The van der Waals surface area contributed by atoms with Crippen LogP contribution in [0.25, 0.3) is 11.0 Å². The van der Waals surface area contributed by atoms with E-state index in [1.165, 1.54) is 35.2 Å². The van der Waals surface area contributed by atoms with Crippen molar-refractivity contribution in [2.45, 2.75) is 39.0 Å². The average molecular weight is 756 g/mol. The second kappa shape index (κ2) is 15.8. The minimum atomic E-state index is -1.12. The van der Waals surface area contributed by atoms with Gasteiger partial charge in [-0.1, -0.05) is 23.2 Å². The van der Waals surface area contributed by atoms with Crippen LogP contribution in [0.15, 0.2) is 84.9 Å². The molecule has 0 spiro atoms. The highest BCUT2D eigenvalue weighted by molar-refractivity contribution is 6.42. The number of hydrogen-bond donors (Lipinski definition) is 5. The van der Waals surface area contributed by atoms with Crippen LogP contribution < -0.4 is 20.7 Å². The number of nitrogens with two attached hydrogens (primary N) is 1. The number of piperidine rings is 1. The van der Waals surface area contributed by atoms with Crippen LogP contribution in [0, 0.1) is 10.8 Å². The van der Waals surface area contributed by atoms with Gasteiger partial charge in [-0.3, -0.25) is 20.4 Å². The normalized spacial score (nSPS) is 13.1. The maximum absolute atomic E-state index is 14.3. The summed E-state index contributed by atoms with van der Waals surface area (Å²) < 4.78 is 7.93. The SMILES string of the molecule is CC(=N)N1CCC(Oc2ccc(N(Cc3nc4cc(C(=N)N)ccc4n3CC(=O)Nc3ccc(Cl)c(Cl)c3)C(=O)c3ccc(C(=O)O)cc3)cc2)CC1. The van der Waals surface area contributed by atoms with Crippen molar-refractivity contribution in [1.29, 1.82) is 10.8 Å². The highest BCUT2D eigenvalue weighted by atomic mass is 35.5. The Balaban J connectivity index is 1.34. The van der Waals surface area contributed by atoms with Crippen molar-refractivity contribution in [3.05, 3.63) is 117 Å². The molecular formula is C38H36Cl2N8O5. The third-order valence-electron chi connectivity index (χ3n) is 8.93. The van der Waals surface area contributed by atoms with Crippen LogP contribution in [0.2, 0.25) is 10.0 Å². The van der Waals surface area contributed by atoms with Crippen LogP contribution in [0.4, 0.5) is 11.4 Å². The van der Waals surface area contributed by atoms with Crippen LogP contribution in [-0.4, -0.2) is 68.2 Å². The number of rotatable bonds is 11. The molecule has 2 heterocycles. The molecule has 6 rings (SSSR count). The van der Waals surface area contributed by atoms with Gasteiger partial charge in [-0.25, -0.2) is 9.78 Å². The van der Waals surface area contributed by atoms with Gasteiger partial charge >= 0.3 is 5.97 Å². The maximum Gasteiger partial charge on any atom is 0.335 e. The van der Waals surface area contributed by atoms with Gasteiger partial charge in [-0.2, -0.15) is 0 Å². The van der Waals surface area contributed by atoms with Gasteiger partial charge in [0.2, 0.25) is 5.91 Å². The topological polar surface area (TPSA) is 191 Å². The molecular weight excluding hydrogens is 719 g/mol. The van der Waals surface area contributed by atoms with E-state index < -0.39 is 17.8 Å². The molecule has 2 amide bonds. The van der Waals surface area contributed by atoms with Gasteiger partial charge in [-0.05, 0) is 91.9 Å². The number of halogens is 2. The first-order valence-corrected chi connectivity index (χ1v) is 17.4. The Bertz CT molecular complexity index is 2210. The van der Waals surface area contributed by atoms with Gasteiger partial charge < -0.3 is 35.3 Å². The number of hydrogen-bond acceptors (Lipinski definition) is 7. The molecule has 1 aliphatic heterocycles. The quantitative estimate of drug-likeness (QED) is 0.0731. The molecule has 5 aromatic rings. The average Bonchev–Trinajstić information content (AvgIpc) is 3.48. The third kappa shape index (κ3) is 8.59. The van der Waals surface area contributed by atoms with E-state index in [-0.39, 0.29) is 41.2 Å². The molecule has 1 aliphatic rings. The Morgan fingerprint density at radius 3 is 2.21 bits per heavy atom. The zero-order valence-corrected chi connectivity index (χ0v) is 30.1. The molecule has 4 aromatic carbocycles. The minimum absolute atomic E-state index is 0.0169. The fraction of sp³-hybridized carbons (Fsp3) is 0.211. The summed E-state index contributed by atoms with van der Waals surface area (Å²) >= 11 is 12.2.